The Morgan fingerprint density at radius 3 is 2.62 bits per heavy atom. The molecule has 0 saturated heterocycles. The summed E-state index contributed by atoms with van der Waals surface area (Å²) >= 11 is 1.77. The van der Waals surface area contributed by atoms with Gasteiger partial charge < -0.3 is 5.32 Å². The second-order valence-electron chi connectivity index (χ2n) is 5.17. The summed E-state index contributed by atoms with van der Waals surface area (Å²) in [6.07, 6.45) is 4.15. The van der Waals surface area contributed by atoms with Gasteiger partial charge in [-0.2, -0.15) is 0 Å². The van der Waals surface area contributed by atoms with Crippen molar-refractivity contribution in [2.45, 2.75) is 52.6 Å². The molecule has 2 atom stereocenters. The maximum absolute atomic E-state index is 4.50. The molecule has 1 aliphatic carbocycles. The highest BCUT2D eigenvalue weighted by molar-refractivity contribution is 7.09. The number of hydrogen-bond donors (Lipinski definition) is 1. The first-order valence-electron chi connectivity index (χ1n) is 6.31. The lowest BCUT2D eigenvalue weighted by Crippen LogP contribution is -2.42. The fourth-order valence-corrected chi connectivity index (χ4v) is 3.50. The summed E-state index contributed by atoms with van der Waals surface area (Å²) in [6, 6.07) is 0.679. The number of nitrogens with zero attached hydrogens (tertiary/aromatic N) is 1. The molecule has 1 aliphatic rings. The van der Waals surface area contributed by atoms with Crippen LogP contribution >= 0.6 is 11.3 Å². The molecule has 1 aromatic heterocycles. The minimum atomic E-state index is 0.679. The van der Waals surface area contributed by atoms with E-state index in [4.69, 9.17) is 0 Å². The van der Waals surface area contributed by atoms with Crippen molar-refractivity contribution < 1.29 is 0 Å². The van der Waals surface area contributed by atoms with E-state index < -0.39 is 0 Å². The Hall–Kier alpha value is -0.410. The van der Waals surface area contributed by atoms with Crippen LogP contribution in [-0.4, -0.2) is 11.0 Å². The van der Waals surface area contributed by atoms with Gasteiger partial charge >= 0.3 is 0 Å². The van der Waals surface area contributed by atoms with Crippen molar-refractivity contribution in [3.8, 4) is 0 Å². The molecule has 0 amide bonds. The third kappa shape index (κ3) is 2.83. The highest BCUT2D eigenvalue weighted by atomic mass is 32.1. The monoisotopic (exact) mass is 238 g/mol. The highest BCUT2D eigenvalue weighted by Crippen LogP contribution is 2.29. The summed E-state index contributed by atoms with van der Waals surface area (Å²) in [5, 5.41) is 7.05. The number of aromatic nitrogens is 1. The molecule has 1 N–H and O–H groups in total. The van der Waals surface area contributed by atoms with Crippen molar-refractivity contribution in [1.29, 1.82) is 0 Å². The van der Waals surface area contributed by atoms with Crippen LogP contribution in [0.4, 0.5) is 0 Å². The van der Waals surface area contributed by atoms with E-state index in [2.05, 4.69) is 36.5 Å². The molecule has 0 bridgehead atoms. The van der Waals surface area contributed by atoms with Crippen molar-refractivity contribution in [3.05, 3.63) is 16.1 Å². The Kier molecular flexibility index (Phi) is 3.98. The van der Waals surface area contributed by atoms with E-state index in [0.29, 0.717) is 6.04 Å². The minimum Gasteiger partial charge on any atom is -0.307 e. The molecule has 2 rings (SSSR count). The molecule has 1 saturated carbocycles. The van der Waals surface area contributed by atoms with Crippen molar-refractivity contribution in [3.63, 3.8) is 0 Å². The number of rotatable bonds is 3. The van der Waals surface area contributed by atoms with Gasteiger partial charge in [0.1, 0.15) is 5.01 Å². The Bertz CT molecular complexity index is 324. The van der Waals surface area contributed by atoms with Crippen LogP contribution in [0.1, 0.15) is 43.8 Å². The molecule has 1 aromatic rings. The van der Waals surface area contributed by atoms with Crippen LogP contribution in [0.15, 0.2) is 5.38 Å². The molecule has 2 unspecified atom stereocenters. The van der Waals surface area contributed by atoms with Gasteiger partial charge in [0.15, 0.2) is 0 Å². The molecule has 0 aliphatic heterocycles. The Balaban J connectivity index is 1.88. The highest BCUT2D eigenvalue weighted by Gasteiger charge is 2.27. The third-order valence-corrected chi connectivity index (χ3v) is 4.67. The van der Waals surface area contributed by atoms with Crippen LogP contribution in [-0.2, 0) is 6.54 Å². The predicted molar refractivity (Wildman–Crippen MR) is 69.7 cm³/mol. The maximum Gasteiger partial charge on any atom is 0.107 e. The lowest BCUT2D eigenvalue weighted by atomic mass is 9.79. The van der Waals surface area contributed by atoms with Crippen molar-refractivity contribution in [2.24, 2.45) is 11.8 Å². The zero-order valence-corrected chi connectivity index (χ0v) is 11.3. The standard InChI is InChI=1S/C13H22N2S/c1-9-5-4-6-10(2)13(9)14-7-12-15-11(3)8-16-12/h8-10,13-14H,4-7H2,1-3H3. The fourth-order valence-electron chi connectivity index (χ4n) is 2.77. The molecule has 90 valence electrons. The number of nitrogens with one attached hydrogen (secondary N) is 1. The molecule has 1 fully saturated rings. The van der Waals surface area contributed by atoms with Crippen molar-refractivity contribution in [2.75, 3.05) is 0 Å². The molecule has 0 spiro atoms. The fraction of sp³-hybridized carbons (Fsp3) is 0.769. The minimum absolute atomic E-state index is 0.679. The van der Waals surface area contributed by atoms with Crippen LogP contribution < -0.4 is 5.32 Å². The Morgan fingerprint density at radius 1 is 1.38 bits per heavy atom. The summed E-state index contributed by atoms with van der Waals surface area (Å²) in [6.45, 7) is 7.75. The number of hydrogen-bond acceptors (Lipinski definition) is 3. The van der Waals surface area contributed by atoms with E-state index in [1.807, 2.05) is 0 Å². The lowest BCUT2D eigenvalue weighted by Gasteiger charge is -2.35. The summed E-state index contributed by atoms with van der Waals surface area (Å²) in [5.41, 5.74) is 1.14. The van der Waals surface area contributed by atoms with Gasteiger partial charge in [0.05, 0.1) is 0 Å². The van der Waals surface area contributed by atoms with Crippen molar-refractivity contribution in [1.82, 2.24) is 10.3 Å². The SMILES string of the molecule is Cc1csc(CNC2C(C)CCCC2C)n1. The molecule has 16 heavy (non-hydrogen) atoms. The van der Waals surface area contributed by atoms with E-state index in [1.54, 1.807) is 11.3 Å². The summed E-state index contributed by atoms with van der Waals surface area (Å²) in [5.74, 6) is 1.62. The van der Waals surface area contributed by atoms with Gasteiger partial charge in [0, 0.05) is 23.7 Å². The Morgan fingerprint density at radius 2 is 2.06 bits per heavy atom. The van der Waals surface area contributed by atoms with Crippen LogP contribution in [0, 0.1) is 18.8 Å². The van der Waals surface area contributed by atoms with Gasteiger partial charge in [0.2, 0.25) is 0 Å². The molecule has 1 heterocycles. The van der Waals surface area contributed by atoms with Crippen molar-refractivity contribution >= 4 is 11.3 Å². The zero-order chi connectivity index (χ0) is 11.5. The molecule has 2 nitrogen and oxygen atoms in total. The van der Waals surface area contributed by atoms with Gasteiger partial charge in [-0.25, -0.2) is 4.98 Å². The van der Waals surface area contributed by atoms with Gasteiger partial charge in [-0.1, -0.05) is 20.3 Å². The van der Waals surface area contributed by atoms with E-state index in [-0.39, 0.29) is 0 Å². The quantitative estimate of drug-likeness (QED) is 0.873. The second kappa shape index (κ2) is 5.28. The maximum atomic E-state index is 4.50. The Labute approximate surface area is 102 Å². The van der Waals surface area contributed by atoms with Gasteiger partial charge in [0.25, 0.3) is 0 Å². The van der Waals surface area contributed by atoms with Crippen LogP contribution in [0.3, 0.4) is 0 Å². The molecule has 0 aromatic carbocycles. The van der Waals surface area contributed by atoms with E-state index in [0.717, 1.165) is 24.1 Å². The molecule has 3 heteroatoms. The topological polar surface area (TPSA) is 24.9 Å². The van der Waals surface area contributed by atoms with E-state index in [1.165, 1.54) is 24.3 Å². The summed E-state index contributed by atoms with van der Waals surface area (Å²) in [4.78, 5) is 4.50. The molecular weight excluding hydrogens is 216 g/mol. The lowest BCUT2D eigenvalue weighted by molar-refractivity contribution is 0.207. The predicted octanol–water partition coefficient (Wildman–Crippen LogP) is 3.37. The van der Waals surface area contributed by atoms with E-state index >= 15 is 0 Å². The largest absolute Gasteiger partial charge is 0.307 e. The normalized spacial score (nSPS) is 30.6. The van der Waals surface area contributed by atoms with Gasteiger partial charge in [-0.15, -0.1) is 11.3 Å². The van der Waals surface area contributed by atoms with Gasteiger partial charge in [-0.3, -0.25) is 0 Å². The number of aryl methyl sites for hydroxylation is 1. The smallest absolute Gasteiger partial charge is 0.107 e. The molecular formula is C13H22N2S. The van der Waals surface area contributed by atoms with Crippen LogP contribution in [0.25, 0.3) is 0 Å². The molecule has 0 radical (unpaired) electrons. The number of thiazole rings is 1. The van der Waals surface area contributed by atoms with E-state index in [9.17, 15) is 0 Å². The first-order chi connectivity index (χ1) is 7.66. The average Bonchev–Trinajstić information content (AvgIpc) is 2.63. The first-order valence-corrected chi connectivity index (χ1v) is 7.19. The van der Waals surface area contributed by atoms with Crippen LogP contribution in [0.2, 0.25) is 0 Å². The van der Waals surface area contributed by atoms with Crippen LogP contribution in [0.5, 0.6) is 0 Å². The summed E-state index contributed by atoms with van der Waals surface area (Å²) in [7, 11) is 0. The zero-order valence-electron chi connectivity index (χ0n) is 10.5. The first kappa shape index (κ1) is 12.1. The third-order valence-electron chi connectivity index (χ3n) is 3.70. The average molecular weight is 238 g/mol. The second-order valence-corrected chi connectivity index (χ2v) is 6.12. The van der Waals surface area contributed by atoms with Gasteiger partial charge in [-0.05, 0) is 31.6 Å². The summed E-state index contributed by atoms with van der Waals surface area (Å²) < 4.78 is 0.